The smallest absolute Gasteiger partial charge is 0.252 e. The Balaban J connectivity index is 1.99. The predicted molar refractivity (Wildman–Crippen MR) is 83.0 cm³/mol. The van der Waals surface area contributed by atoms with Crippen LogP contribution in [-0.2, 0) is 0 Å². The number of anilines is 2. The molecule has 3 aromatic rings. The van der Waals surface area contributed by atoms with Crippen LogP contribution in [0.5, 0.6) is 0 Å². The van der Waals surface area contributed by atoms with E-state index in [2.05, 4.69) is 20.4 Å². The topological polar surface area (TPSA) is 55.6 Å². The van der Waals surface area contributed by atoms with Crippen molar-refractivity contribution in [1.29, 1.82) is 0 Å². The van der Waals surface area contributed by atoms with E-state index in [9.17, 15) is 8.78 Å². The fraction of sp³-hybridized carbons (Fsp3) is 0.188. The molecule has 7 heteroatoms. The van der Waals surface area contributed by atoms with E-state index in [0.717, 1.165) is 17.5 Å². The first-order valence-corrected chi connectivity index (χ1v) is 7.04. The van der Waals surface area contributed by atoms with Gasteiger partial charge in [-0.05, 0) is 39.0 Å². The molecule has 0 aliphatic carbocycles. The zero-order chi connectivity index (χ0) is 16.6. The van der Waals surface area contributed by atoms with Gasteiger partial charge in [-0.15, -0.1) is 0 Å². The molecule has 1 N–H and O–H groups in total. The Labute approximate surface area is 132 Å². The third kappa shape index (κ3) is 3.18. The summed E-state index contributed by atoms with van der Waals surface area (Å²) in [4.78, 5) is 8.71. The Morgan fingerprint density at radius 2 is 1.74 bits per heavy atom. The summed E-state index contributed by atoms with van der Waals surface area (Å²) in [6.07, 6.45) is 0. The number of nitrogens with one attached hydrogen (secondary N) is 1. The van der Waals surface area contributed by atoms with E-state index in [4.69, 9.17) is 0 Å². The molecule has 2 heterocycles. The third-order valence-electron chi connectivity index (χ3n) is 3.24. The van der Waals surface area contributed by atoms with E-state index < -0.39 is 11.6 Å². The van der Waals surface area contributed by atoms with Gasteiger partial charge < -0.3 is 5.32 Å². The first-order valence-electron chi connectivity index (χ1n) is 7.04. The van der Waals surface area contributed by atoms with Crippen LogP contribution in [0, 0.1) is 32.4 Å². The number of benzene rings is 1. The molecule has 1 aromatic carbocycles. The lowest BCUT2D eigenvalue weighted by molar-refractivity contribution is 0.586. The number of halogens is 2. The van der Waals surface area contributed by atoms with Crippen molar-refractivity contribution < 1.29 is 8.78 Å². The van der Waals surface area contributed by atoms with Gasteiger partial charge in [0.1, 0.15) is 17.5 Å². The van der Waals surface area contributed by atoms with Gasteiger partial charge in [0.2, 0.25) is 0 Å². The van der Waals surface area contributed by atoms with Crippen molar-refractivity contribution in [3.05, 3.63) is 59.0 Å². The van der Waals surface area contributed by atoms with Crippen molar-refractivity contribution in [1.82, 2.24) is 19.7 Å². The zero-order valence-corrected chi connectivity index (χ0v) is 12.9. The Morgan fingerprint density at radius 3 is 2.39 bits per heavy atom. The van der Waals surface area contributed by atoms with Crippen LogP contribution in [0.1, 0.15) is 17.1 Å². The molecular weight excluding hydrogens is 300 g/mol. The highest BCUT2D eigenvalue weighted by atomic mass is 19.1. The summed E-state index contributed by atoms with van der Waals surface area (Å²) in [5.74, 6) is -0.518. The fourth-order valence-electron chi connectivity index (χ4n) is 2.27. The molecule has 0 unspecified atom stereocenters. The molecule has 0 amide bonds. The van der Waals surface area contributed by atoms with E-state index in [-0.39, 0.29) is 5.69 Å². The van der Waals surface area contributed by atoms with Crippen LogP contribution in [0.25, 0.3) is 5.95 Å². The summed E-state index contributed by atoms with van der Waals surface area (Å²) < 4.78 is 28.4. The van der Waals surface area contributed by atoms with Crippen LogP contribution in [0.2, 0.25) is 0 Å². The van der Waals surface area contributed by atoms with Gasteiger partial charge in [0, 0.05) is 23.5 Å². The second-order valence-electron chi connectivity index (χ2n) is 5.28. The van der Waals surface area contributed by atoms with E-state index >= 15 is 0 Å². The van der Waals surface area contributed by atoms with Crippen molar-refractivity contribution in [2.75, 3.05) is 5.32 Å². The van der Waals surface area contributed by atoms with Crippen LogP contribution in [0.3, 0.4) is 0 Å². The minimum Gasteiger partial charge on any atom is -0.338 e. The highest BCUT2D eigenvalue weighted by Gasteiger charge is 2.10. The minimum absolute atomic E-state index is 0.142. The lowest BCUT2D eigenvalue weighted by Crippen LogP contribution is -2.08. The van der Waals surface area contributed by atoms with Crippen molar-refractivity contribution in [2.45, 2.75) is 20.8 Å². The zero-order valence-electron chi connectivity index (χ0n) is 12.9. The van der Waals surface area contributed by atoms with Gasteiger partial charge in [-0.3, -0.25) is 0 Å². The quantitative estimate of drug-likeness (QED) is 0.802. The van der Waals surface area contributed by atoms with Crippen molar-refractivity contribution in [3.63, 3.8) is 0 Å². The Kier molecular flexibility index (Phi) is 3.77. The van der Waals surface area contributed by atoms with Gasteiger partial charge in [-0.25, -0.2) is 18.4 Å². The molecule has 0 radical (unpaired) electrons. The standard InChI is InChI=1S/C16H15F2N5/c1-9-7-15(20-14-5-4-12(17)8-13(14)18)21-16(19-9)23-11(3)6-10(2)22-23/h4-8H,1-3H3,(H,19,20,21). The van der Waals surface area contributed by atoms with Crippen LogP contribution < -0.4 is 5.32 Å². The lowest BCUT2D eigenvalue weighted by Gasteiger charge is -2.10. The van der Waals surface area contributed by atoms with Crippen LogP contribution in [0.4, 0.5) is 20.3 Å². The monoisotopic (exact) mass is 315 g/mol. The third-order valence-corrected chi connectivity index (χ3v) is 3.24. The summed E-state index contributed by atoms with van der Waals surface area (Å²) in [6, 6.07) is 6.92. The largest absolute Gasteiger partial charge is 0.338 e. The molecule has 0 aliphatic rings. The Bertz CT molecular complexity index is 873. The molecular formula is C16H15F2N5. The Hall–Kier alpha value is -2.83. The average Bonchev–Trinajstić information content (AvgIpc) is 2.80. The van der Waals surface area contributed by atoms with Crippen molar-refractivity contribution in [3.8, 4) is 5.95 Å². The number of hydrogen-bond donors (Lipinski definition) is 1. The molecule has 23 heavy (non-hydrogen) atoms. The van der Waals surface area contributed by atoms with Gasteiger partial charge in [0.25, 0.3) is 5.95 Å². The van der Waals surface area contributed by atoms with Crippen LogP contribution in [-0.4, -0.2) is 19.7 Å². The summed E-state index contributed by atoms with van der Waals surface area (Å²) in [5.41, 5.74) is 2.59. The van der Waals surface area contributed by atoms with E-state index in [1.165, 1.54) is 12.1 Å². The maximum atomic E-state index is 13.8. The van der Waals surface area contributed by atoms with Crippen LogP contribution in [0.15, 0.2) is 30.3 Å². The van der Waals surface area contributed by atoms with Gasteiger partial charge in [-0.1, -0.05) is 0 Å². The molecule has 0 saturated carbocycles. The van der Waals surface area contributed by atoms with Gasteiger partial charge in [0.15, 0.2) is 0 Å². The molecule has 3 rings (SSSR count). The fourth-order valence-corrected chi connectivity index (χ4v) is 2.27. The van der Waals surface area contributed by atoms with Crippen molar-refractivity contribution in [2.24, 2.45) is 0 Å². The predicted octanol–water partition coefficient (Wildman–Crippen LogP) is 3.61. The van der Waals surface area contributed by atoms with Crippen molar-refractivity contribution >= 4 is 11.5 Å². The second-order valence-corrected chi connectivity index (χ2v) is 5.28. The number of hydrogen-bond acceptors (Lipinski definition) is 4. The SMILES string of the molecule is Cc1cc(Nc2ccc(F)cc2F)nc(-n2nc(C)cc2C)n1. The molecule has 2 aromatic heterocycles. The number of nitrogens with zero attached hydrogens (tertiary/aromatic N) is 4. The summed E-state index contributed by atoms with van der Waals surface area (Å²) in [6.45, 7) is 5.59. The lowest BCUT2D eigenvalue weighted by atomic mass is 10.3. The molecule has 0 fully saturated rings. The summed E-state index contributed by atoms with van der Waals surface area (Å²) in [7, 11) is 0. The Morgan fingerprint density at radius 1 is 0.957 bits per heavy atom. The van der Waals surface area contributed by atoms with Gasteiger partial charge in [-0.2, -0.15) is 10.1 Å². The highest BCUT2D eigenvalue weighted by Crippen LogP contribution is 2.21. The number of aromatic nitrogens is 4. The summed E-state index contributed by atoms with van der Waals surface area (Å²) >= 11 is 0. The van der Waals surface area contributed by atoms with E-state index in [1.807, 2.05) is 26.8 Å². The maximum Gasteiger partial charge on any atom is 0.252 e. The van der Waals surface area contributed by atoms with Crippen LogP contribution >= 0.6 is 0 Å². The normalized spacial score (nSPS) is 10.8. The molecule has 118 valence electrons. The molecule has 0 spiro atoms. The first-order chi connectivity index (χ1) is 10.9. The van der Waals surface area contributed by atoms with Gasteiger partial charge in [0.05, 0.1) is 11.4 Å². The highest BCUT2D eigenvalue weighted by molar-refractivity contribution is 5.57. The van der Waals surface area contributed by atoms with E-state index in [0.29, 0.717) is 17.5 Å². The molecule has 5 nitrogen and oxygen atoms in total. The first kappa shape index (κ1) is 15.1. The van der Waals surface area contributed by atoms with Gasteiger partial charge >= 0.3 is 0 Å². The molecule has 0 saturated heterocycles. The maximum absolute atomic E-state index is 13.8. The van der Waals surface area contributed by atoms with E-state index in [1.54, 1.807) is 10.7 Å². The number of rotatable bonds is 3. The molecule has 0 aliphatic heterocycles. The molecule has 0 atom stereocenters. The average molecular weight is 315 g/mol. The second kappa shape index (κ2) is 5.75. The minimum atomic E-state index is -0.686. The molecule has 0 bridgehead atoms. The summed E-state index contributed by atoms with van der Waals surface area (Å²) in [5, 5.41) is 7.18. The number of aryl methyl sites for hydroxylation is 3.